The molecule has 0 atom stereocenters. The van der Waals surface area contributed by atoms with Crippen LogP contribution in [0.15, 0.2) is 218 Å². The number of benzene rings is 9. The number of fused-ring (bicyclic) bond motifs is 4. The third-order valence-electron chi connectivity index (χ3n) is 11.1. The monoisotopic (exact) mass is 690 g/mol. The molecule has 0 spiro atoms. The quantitative estimate of drug-likeness (QED) is 0.154. The topological polar surface area (TPSA) is 6.48 Å². The molecule has 0 radical (unpaired) electrons. The van der Waals surface area contributed by atoms with Gasteiger partial charge in [-0.25, -0.2) is 0 Å². The van der Waals surface area contributed by atoms with E-state index in [1.807, 2.05) is 0 Å². The van der Waals surface area contributed by atoms with Crippen molar-refractivity contribution >= 4 is 71.4 Å². The molecule has 2 heteroatoms. The van der Waals surface area contributed by atoms with E-state index in [4.69, 9.17) is 0 Å². The zero-order valence-corrected chi connectivity index (χ0v) is 29.9. The normalized spacial score (nSPS) is 13.7. The fourth-order valence-corrected chi connectivity index (χ4v) is 8.60. The molecule has 1 aliphatic carbocycles. The van der Waals surface area contributed by atoms with Crippen molar-refractivity contribution in [2.75, 3.05) is 9.80 Å². The summed E-state index contributed by atoms with van der Waals surface area (Å²) in [6.45, 7) is 0. The van der Waals surface area contributed by atoms with Gasteiger partial charge < -0.3 is 9.80 Å². The number of anilines is 4. The largest absolute Gasteiger partial charge is 0.313 e. The molecule has 0 aliphatic heterocycles. The van der Waals surface area contributed by atoms with Gasteiger partial charge in [0.05, 0.1) is 22.7 Å². The van der Waals surface area contributed by atoms with Crippen LogP contribution in [0.2, 0.25) is 0 Å². The molecule has 256 valence electrons. The maximum atomic E-state index is 2.63. The second kappa shape index (κ2) is 13.3. The molecule has 10 rings (SSSR count). The average Bonchev–Trinajstić information content (AvgIpc) is 3.25. The minimum Gasteiger partial charge on any atom is -0.313 e. The van der Waals surface area contributed by atoms with Gasteiger partial charge in [0.25, 0.3) is 0 Å². The molecule has 9 aromatic rings. The zero-order valence-electron chi connectivity index (χ0n) is 29.9. The highest BCUT2D eigenvalue weighted by Crippen LogP contribution is 2.52. The lowest BCUT2D eigenvalue weighted by atomic mass is 9.86. The highest BCUT2D eigenvalue weighted by atomic mass is 15.4. The van der Waals surface area contributed by atoms with Crippen molar-refractivity contribution in [1.29, 1.82) is 0 Å². The van der Waals surface area contributed by atoms with E-state index >= 15 is 0 Å². The molecule has 1 aliphatic rings. The number of nitrogens with zero attached hydrogens (tertiary/aromatic N) is 2. The Kier molecular flexibility index (Phi) is 7.81. The van der Waals surface area contributed by atoms with Gasteiger partial charge in [-0.15, -0.1) is 0 Å². The Morgan fingerprint density at radius 1 is 0.333 bits per heavy atom. The van der Waals surface area contributed by atoms with Crippen LogP contribution in [0.25, 0.3) is 48.7 Å². The molecule has 54 heavy (non-hydrogen) atoms. The standard InChI is InChI=1S/C52H38N2/c1-2-16-38(17-3-1)39-34-36-52(37-35-39,53(48-30-12-22-40-18-4-8-26-44(40)48)49-31-13-23-41-19-5-9-27-45(41)49)54(50-32-14-24-42-20-6-10-28-46(42)50)51-33-15-25-43-21-7-11-29-47(43)51/h1-36H,37H2. The van der Waals surface area contributed by atoms with Crippen LogP contribution >= 0.6 is 0 Å². The summed E-state index contributed by atoms with van der Waals surface area (Å²) in [6, 6.07) is 72.9. The van der Waals surface area contributed by atoms with Crippen LogP contribution in [0.1, 0.15) is 12.0 Å². The summed E-state index contributed by atoms with van der Waals surface area (Å²) in [4.78, 5) is 5.27. The fraction of sp³-hybridized carbons (Fsp3) is 0.0385. The third-order valence-corrected chi connectivity index (χ3v) is 11.1. The first-order chi connectivity index (χ1) is 26.8. The fourth-order valence-electron chi connectivity index (χ4n) is 8.60. The lowest BCUT2D eigenvalue weighted by Crippen LogP contribution is -2.57. The molecule has 0 saturated heterocycles. The van der Waals surface area contributed by atoms with Gasteiger partial charge in [0.1, 0.15) is 5.66 Å². The lowest BCUT2D eigenvalue weighted by molar-refractivity contribution is 0.530. The summed E-state index contributed by atoms with van der Waals surface area (Å²) < 4.78 is 0. The van der Waals surface area contributed by atoms with Crippen LogP contribution in [0.5, 0.6) is 0 Å². The SMILES string of the molecule is C1=CC(N(c2cccc3ccccc23)c2cccc3ccccc23)(N(c2cccc3ccccc23)c2cccc3ccccc23)CC=C1c1ccccc1. The molecule has 0 fully saturated rings. The van der Waals surface area contributed by atoms with Crippen molar-refractivity contribution in [1.82, 2.24) is 0 Å². The molecule has 0 saturated carbocycles. The van der Waals surface area contributed by atoms with Crippen LogP contribution < -0.4 is 9.80 Å². The molecule has 0 aromatic heterocycles. The van der Waals surface area contributed by atoms with Gasteiger partial charge in [-0.3, -0.25) is 0 Å². The van der Waals surface area contributed by atoms with Crippen molar-refractivity contribution in [3.05, 3.63) is 224 Å². The minimum absolute atomic E-state index is 0.701. The van der Waals surface area contributed by atoms with Crippen molar-refractivity contribution in [3.8, 4) is 0 Å². The second-order valence-electron chi connectivity index (χ2n) is 14.1. The summed E-state index contributed by atoms with van der Waals surface area (Å²) >= 11 is 0. The summed E-state index contributed by atoms with van der Waals surface area (Å²) in [5, 5.41) is 9.64. The van der Waals surface area contributed by atoms with Crippen molar-refractivity contribution in [2.45, 2.75) is 12.1 Å². The third kappa shape index (κ3) is 5.26. The van der Waals surface area contributed by atoms with Gasteiger partial charge in [-0.05, 0) is 63.0 Å². The molecule has 9 aromatic carbocycles. The van der Waals surface area contributed by atoms with E-state index in [9.17, 15) is 0 Å². The van der Waals surface area contributed by atoms with E-state index in [2.05, 4.69) is 228 Å². The number of hydrogen-bond acceptors (Lipinski definition) is 2. The molecular weight excluding hydrogens is 653 g/mol. The van der Waals surface area contributed by atoms with Crippen molar-refractivity contribution in [2.24, 2.45) is 0 Å². The summed E-state index contributed by atoms with van der Waals surface area (Å²) in [7, 11) is 0. The molecule has 0 heterocycles. The van der Waals surface area contributed by atoms with E-state index in [-0.39, 0.29) is 0 Å². The van der Waals surface area contributed by atoms with E-state index in [1.54, 1.807) is 0 Å². The first kappa shape index (κ1) is 31.8. The van der Waals surface area contributed by atoms with Gasteiger partial charge in [-0.1, -0.05) is 188 Å². The summed E-state index contributed by atoms with van der Waals surface area (Å²) in [6.07, 6.45) is 7.97. The second-order valence-corrected chi connectivity index (χ2v) is 14.1. The smallest absolute Gasteiger partial charge is 0.145 e. The average molecular weight is 691 g/mol. The molecule has 0 unspecified atom stereocenters. The minimum atomic E-state index is -0.763. The Balaban J connectivity index is 1.37. The first-order valence-electron chi connectivity index (χ1n) is 18.7. The van der Waals surface area contributed by atoms with Gasteiger partial charge in [0, 0.05) is 28.0 Å². The number of allylic oxidation sites excluding steroid dienone is 2. The molecule has 0 amide bonds. The van der Waals surface area contributed by atoms with Gasteiger partial charge in [0.15, 0.2) is 0 Å². The van der Waals surface area contributed by atoms with Crippen LogP contribution in [0, 0.1) is 0 Å². The van der Waals surface area contributed by atoms with Gasteiger partial charge >= 0.3 is 0 Å². The molecular formula is C52H38N2. The molecule has 0 bridgehead atoms. The van der Waals surface area contributed by atoms with Crippen LogP contribution in [-0.2, 0) is 0 Å². The van der Waals surface area contributed by atoms with Crippen LogP contribution in [0.4, 0.5) is 22.7 Å². The summed E-state index contributed by atoms with van der Waals surface area (Å²) in [5.74, 6) is 0. The molecule has 0 N–H and O–H groups in total. The van der Waals surface area contributed by atoms with E-state index in [0.717, 1.165) is 22.7 Å². The van der Waals surface area contributed by atoms with E-state index in [0.29, 0.717) is 6.42 Å². The predicted molar refractivity (Wildman–Crippen MR) is 231 cm³/mol. The zero-order chi connectivity index (χ0) is 35.9. The number of rotatable bonds is 7. The maximum absolute atomic E-state index is 2.63. The Morgan fingerprint density at radius 3 is 1.02 bits per heavy atom. The maximum Gasteiger partial charge on any atom is 0.145 e. The molecule has 2 nitrogen and oxygen atoms in total. The van der Waals surface area contributed by atoms with Crippen LogP contribution in [-0.4, -0.2) is 5.66 Å². The highest BCUT2D eigenvalue weighted by Gasteiger charge is 2.45. The number of hydrogen-bond donors (Lipinski definition) is 0. The lowest BCUT2D eigenvalue weighted by Gasteiger charge is -2.53. The predicted octanol–water partition coefficient (Wildman–Crippen LogP) is 14.0. The van der Waals surface area contributed by atoms with Gasteiger partial charge in [-0.2, -0.15) is 0 Å². The Labute approximate surface area is 316 Å². The van der Waals surface area contributed by atoms with Gasteiger partial charge in [0.2, 0.25) is 0 Å². The summed E-state index contributed by atoms with van der Waals surface area (Å²) in [5.41, 5.74) is 6.27. The van der Waals surface area contributed by atoms with Crippen molar-refractivity contribution < 1.29 is 0 Å². The Hall–Kier alpha value is -6.90. The Bertz CT molecular complexity index is 2540. The highest BCUT2D eigenvalue weighted by molar-refractivity contribution is 6.07. The van der Waals surface area contributed by atoms with E-state index < -0.39 is 5.66 Å². The first-order valence-corrected chi connectivity index (χ1v) is 18.7. The Morgan fingerprint density at radius 2 is 0.667 bits per heavy atom. The van der Waals surface area contributed by atoms with Crippen LogP contribution in [0.3, 0.4) is 0 Å². The van der Waals surface area contributed by atoms with E-state index in [1.165, 1.54) is 54.2 Å². The van der Waals surface area contributed by atoms with Crippen molar-refractivity contribution in [3.63, 3.8) is 0 Å².